The minimum absolute atomic E-state index is 0.481. The number of H-pyrrole nitrogens is 1. The fourth-order valence-electron chi connectivity index (χ4n) is 2.45. The standard InChI is InChI=1S/C13H17N5/c1-9-7-15-13(16-9)11-4-6-18(8-11)12-3-5-14-10(2)17-12/h3,5,7,11H,4,6,8H2,1-2H3,(H,15,16)/t11-/m0/s1. The average molecular weight is 243 g/mol. The van der Waals surface area contributed by atoms with Crippen LogP contribution in [0.15, 0.2) is 18.5 Å². The van der Waals surface area contributed by atoms with Crippen LogP contribution in [0.2, 0.25) is 0 Å². The molecule has 1 aliphatic rings. The predicted octanol–water partition coefficient (Wildman–Crippen LogP) is 1.81. The molecule has 0 aromatic carbocycles. The second-order valence-electron chi connectivity index (χ2n) is 4.85. The zero-order valence-corrected chi connectivity index (χ0v) is 10.7. The van der Waals surface area contributed by atoms with E-state index in [2.05, 4.69) is 24.8 Å². The maximum absolute atomic E-state index is 4.47. The summed E-state index contributed by atoms with van der Waals surface area (Å²) in [6.07, 6.45) is 4.84. The quantitative estimate of drug-likeness (QED) is 0.874. The van der Waals surface area contributed by atoms with Gasteiger partial charge in [0, 0.05) is 37.1 Å². The molecule has 94 valence electrons. The monoisotopic (exact) mass is 243 g/mol. The van der Waals surface area contributed by atoms with E-state index in [1.54, 1.807) is 0 Å². The average Bonchev–Trinajstić information content (AvgIpc) is 2.97. The van der Waals surface area contributed by atoms with Crippen molar-refractivity contribution >= 4 is 5.82 Å². The number of nitrogens with zero attached hydrogens (tertiary/aromatic N) is 4. The fourth-order valence-corrected chi connectivity index (χ4v) is 2.45. The summed E-state index contributed by atoms with van der Waals surface area (Å²) in [6, 6.07) is 1.97. The van der Waals surface area contributed by atoms with Crippen molar-refractivity contribution < 1.29 is 0 Å². The molecule has 0 aliphatic carbocycles. The number of aromatic nitrogens is 4. The minimum Gasteiger partial charge on any atom is -0.356 e. The Hall–Kier alpha value is -1.91. The molecule has 5 nitrogen and oxygen atoms in total. The van der Waals surface area contributed by atoms with Gasteiger partial charge in [-0.25, -0.2) is 15.0 Å². The Labute approximate surface area is 106 Å². The zero-order valence-electron chi connectivity index (χ0n) is 10.7. The summed E-state index contributed by atoms with van der Waals surface area (Å²) in [7, 11) is 0. The highest BCUT2D eigenvalue weighted by molar-refractivity contribution is 5.39. The lowest BCUT2D eigenvalue weighted by Crippen LogP contribution is -2.21. The smallest absolute Gasteiger partial charge is 0.132 e. The van der Waals surface area contributed by atoms with Crippen LogP contribution in [0.25, 0.3) is 0 Å². The largest absolute Gasteiger partial charge is 0.356 e. The fraction of sp³-hybridized carbons (Fsp3) is 0.462. The van der Waals surface area contributed by atoms with Crippen LogP contribution in [0.5, 0.6) is 0 Å². The van der Waals surface area contributed by atoms with Gasteiger partial charge >= 0.3 is 0 Å². The molecule has 3 rings (SSSR count). The van der Waals surface area contributed by atoms with Crippen molar-refractivity contribution in [3.8, 4) is 0 Å². The highest BCUT2D eigenvalue weighted by Crippen LogP contribution is 2.27. The number of aromatic amines is 1. The summed E-state index contributed by atoms with van der Waals surface area (Å²) in [6.45, 7) is 5.97. The highest BCUT2D eigenvalue weighted by atomic mass is 15.2. The Morgan fingerprint density at radius 2 is 2.22 bits per heavy atom. The molecule has 18 heavy (non-hydrogen) atoms. The molecular weight excluding hydrogens is 226 g/mol. The number of aryl methyl sites for hydroxylation is 2. The molecule has 3 heterocycles. The third-order valence-electron chi connectivity index (χ3n) is 3.38. The van der Waals surface area contributed by atoms with Crippen molar-refractivity contribution in [1.82, 2.24) is 19.9 Å². The van der Waals surface area contributed by atoms with Crippen molar-refractivity contribution in [3.05, 3.63) is 35.8 Å². The molecule has 2 aromatic heterocycles. The van der Waals surface area contributed by atoms with Gasteiger partial charge in [-0.1, -0.05) is 0 Å². The van der Waals surface area contributed by atoms with Crippen LogP contribution >= 0.6 is 0 Å². The van der Waals surface area contributed by atoms with Gasteiger partial charge in [-0.2, -0.15) is 0 Å². The highest BCUT2D eigenvalue weighted by Gasteiger charge is 2.26. The van der Waals surface area contributed by atoms with Crippen LogP contribution in [0.4, 0.5) is 5.82 Å². The summed E-state index contributed by atoms with van der Waals surface area (Å²) >= 11 is 0. The van der Waals surface area contributed by atoms with Gasteiger partial charge in [0.25, 0.3) is 0 Å². The number of imidazole rings is 1. The first-order chi connectivity index (χ1) is 8.72. The number of hydrogen-bond donors (Lipinski definition) is 1. The van der Waals surface area contributed by atoms with E-state index in [-0.39, 0.29) is 0 Å². The van der Waals surface area contributed by atoms with E-state index in [1.807, 2.05) is 32.3 Å². The van der Waals surface area contributed by atoms with E-state index in [0.29, 0.717) is 5.92 Å². The first-order valence-electron chi connectivity index (χ1n) is 6.28. The van der Waals surface area contributed by atoms with Gasteiger partial charge in [0.15, 0.2) is 0 Å². The van der Waals surface area contributed by atoms with Crippen molar-refractivity contribution in [2.24, 2.45) is 0 Å². The van der Waals surface area contributed by atoms with E-state index in [4.69, 9.17) is 0 Å². The molecule has 5 heteroatoms. The summed E-state index contributed by atoms with van der Waals surface area (Å²) in [5, 5.41) is 0. The lowest BCUT2D eigenvalue weighted by atomic mass is 10.1. The van der Waals surface area contributed by atoms with Crippen LogP contribution in [-0.2, 0) is 0 Å². The number of anilines is 1. The van der Waals surface area contributed by atoms with Gasteiger partial charge in [0.1, 0.15) is 17.5 Å². The van der Waals surface area contributed by atoms with E-state index >= 15 is 0 Å². The third-order valence-corrected chi connectivity index (χ3v) is 3.38. The third kappa shape index (κ3) is 2.08. The lowest BCUT2D eigenvalue weighted by Gasteiger charge is -2.16. The second-order valence-corrected chi connectivity index (χ2v) is 4.85. The van der Waals surface area contributed by atoms with Crippen molar-refractivity contribution in [3.63, 3.8) is 0 Å². The maximum atomic E-state index is 4.47. The molecule has 1 N–H and O–H groups in total. The Bertz CT molecular complexity index is 548. The van der Waals surface area contributed by atoms with Gasteiger partial charge in [-0.15, -0.1) is 0 Å². The Morgan fingerprint density at radius 3 is 2.94 bits per heavy atom. The second kappa shape index (κ2) is 4.40. The normalized spacial score (nSPS) is 19.4. The SMILES string of the molecule is Cc1nccc(N2CC[C@H](c3ncc(C)[nH]3)C2)n1. The molecule has 1 saturated heterocycles. The molecule has 0 amide bonds. The van der Waals surface area contributed by atoms with E-state index in [0.717, 1.165) is 42.7 Å². The molecule has 0 radical (unpaired) electrons. The minimum atomic E-state index is 0.481. The zero-order chi connectivity index (χ0) is 12.5. The van der Waals surface area contributed by atoms with E-state index in [1.165, 1.54) is 0 Å². The maximum Gasteiger partial charge on any atom is 0.132 e. The van der Waals surface area contributed by atoms with E-state index in [9.17, 15) is 0 Å². The summed E-state index contributed by atoms with van der Waals surface area (Å²) in [5.41, 5.74) is 1.13. The van der Waals surface area contributed by atoms with Crippen molar-refractivity contribution in [1.29, 1.82) is 0 Å². The molecule has 2 aromatic rings. The van der Waals surface area contributed by atoms with Gasteiger partial charge in [0.05, 0.1) is 0 Å². The Kier molecular flexibility index (Phi) is 2.74. The first-order valence-corrected chi connectivity index (χ1v) is 6.28. The topological polar surface area (TPSA) is 57.7 Å². The number of rotatable bonds is 2. The Morgan fingerprint density at radius 1 is 1.33 bits per heavy atom. The van der Waals surface area contributed by atoms with Crippen LogP contribution in [0, 0.1) is 13.8 Å². The molecule has 0 bridgehead atoms. The van der Waals surface area contributed by atoms with Gasteiger partial charge < -0.3 is 9.88 Å². The molecular formula is C13H17N5. The van der Waals surface area contributed by atoms with Crippen LogP contribution in [-0.4, -0.2) is 33.0 Å². The summed E-state index contributed by atoms with van der Waals surface area (Å²) in [4.78, 5) is 18.7. The number of hydrogen-bond acceptors (Lipinski definition) is 4. The molecule has 1 aliphatic heterocycles. The predicted molar refractivity (Wildman–Crippen MR) is 69.7 cm³/mol. The van der Waals surface area contributed by atoms with Crippen LogP contribution in [0.1, 0.15) is 29.7 Å². The molecule has 0 saturated carbocycles. The lowest BCUT2D eigenvalue weighted by molar-refractivity contribution is 0.720. The van der Waals surface area contributed by atoms with Crippen molar-refractivity contribution in [2.75, 3.05) is 18.0 Å². The van der Waals surface area contributed by atoms with Gasteiger partial charge in [0.2, 0.25) is 0 Å². The summed E-state index contributed by atoms with van der Waals surface area (Å²) in [5.74, 6) is 3.42. The number of nitrogens with one attached hydrogen (secondary N) is 1. The first kappa shape index (κ1) is 11.2. The van der Waals surface area contributed by atoms with Crippen molar-refractivity contribution in [2.45, 2.75) is 26.2 Å². The molecule has 1 fully saturated rings. The van der Waals surface area contributed by atoms with Gasteiger partial charge in [-0.3, -0.25) is 0 Å². The Balaban J connectivity index is 1.75. The molecule has 0 spiro atoms. The van der Waals surface area contributed by atoms with Crippen LogP contribution in [0.3, 0.4) is 0 Å². The molecule has 1 atom stereocenters. The molecule has 0 unspecified atom stereocenters. The van der Waals surface area contributed by atoms with Crippen LogP contribution < -0.4 is 4.90 Å². The van der Waals surface area contributed by atoms with Gasteiger partial charge in [-0.05, 0) is 26.3 Å². The van der Waals surface area contributed by atoms with E-state index < -0.39 is 0 Å². The summed E-state index contributed by atoms with van der Waals surface area (Å²) < 4.78 is 0.